The number of ketones is 1. The molecule has 2 heterocycles. The fraction of sp³-hybridized carbons (Fsp3) is 0.278. The summed E-state index contributed by atoms with van der Waals surface area (Å²) in [5.41, 5.74) is 3.64. The molecule has 0 spiro atoms. The molecule has 5 nitrogen and oxygen atoms in total. The van der Waals surface area contributed by atoms with Crippen LogP contribution in [0.4, 0.5) is 0 Å². The molecular formula is C18H18ClN3O2S. The van der Waals surface area contributed by atoms with Crippen LogP contribution >= 0.6 is 23.4 Å². The number of Topliss-reactive ketones (excluding diaryl/α,β-unsaturated/α-hetero) is 1. The normalized spacial score (nSPS) is 11.0. The third kappa shape index (κ3) is 3.80. The zero-order valence-electron chi connectivity index (χ0n) is 14.2. The zero-order valence-corrected chi connectivity index (χ0v) is 15.8. The Morgan fingerprint density at radius 2 is 1.96 bits per heavy atom. The molecule has 3 rings (SSSR count). The van der Waals surface area contributed by atoms with Gasteiger partial charge in [-0.25, -0.2) is 0 Å². The van der Waals surface area contributed by atoms with E-state index in [1.807, 2.05) is 32.0 Å². The van der Waals surface area contributed by atoms with Crippen LogP contribution in [0.3, 0.4) is 0 Å². The summed E-state index contributed by atoms with van der Waals surface area (Å²) in [5, 5.41) is 9.04. The number of halogens is 1. The summed E-state index contributed by atoms with van der Waals surface area (Å²) < 4.78 is 7.74. The largest absolute Gasteiger partial charge is 0.411 e. The first-order chi connectivity index (χ1) is 12.0. The van der Waals surface area contributed by atoms with Crippen LogP contribution in [-0.4, -0.2) is 26.3 Å². The summed E-state index contributed by atoms with van der Waals surface area (Å²) in [5.74, 6) is 0.732. The predicted molar refractivity (Wildman–Crippen MR) is 99.4 cm³/mol. The lowest BCUT2D eigenvalue weighted by Gasteiger charge is -2.05. The topological polar surface area (TPSA) is 60.9 Å². The van der Waals surface area contributed by atoms with Crippen LogP contribution in [0.5, 0.6) is 0 Å². The van der Waals surface area contributed by atoms with Gasteiger partial charge >= 0.3 is 0 Å². The first-order valence-corrected chi connectivity index (χ1v) is 9.28. The maximum atomic E-state index is 12.5. The number of nitrogens with zero attached hydrogens (tertiary/aromatic N) is 3. The number of hydrogen-bond acceptors (Lipinski definition) is 5. The molecule has 3 aromatic rings. The highest BCUT2D eigenvalue weighted by Gasteiger charge is 2.17. The third-order valence-electron chi connectivity index (χ3n) is 4.01. The Balaban J connectivity index is 1.68. The van der Waals surface area contributed by atoms with Crippen LogP contribution in [0.1, 0.15) is 28.7 Å². The Hall–Kier alpha value is -2.05. The maximum Gasteiger partial charge on any atom is 0.277 e. The molecule has 0 saturated carbocycles. The van der Waals surface area contributed by atoms with Crippen molar-refractivity contribution < 1.29 is 9.21 Å². The van der Waals surface area contributed by atoms with Gasteiger partial charge in [0.05, 0.1) is 5.75 Å². The van der Waals surface area contributed by atoms with Crippen LogP contribution in [0.25, 0.3) is 11.5 Å². The van der Waals surface area contributed by atoms with Gasteiger partial charge in [-0.3, -0.25) is 4.79 Å². The van der Waals surface area contributed by atoms with Crippen LogP contribution in [0.2, 0.25) is 5.02 Å². The Morgan fingerprint density at radius 1 is 1.24 bits per heavy atom. The monoisotopic (exact) mass is 375 g/mol. The highest BCUT2D eigenvalue weighted by Crippen LogP contribution is 2.25. The van der Waals surface area contributed by atoms with Crippen LogP contribution < -0.4 is 0 Å². The first kappa shape index (κ1) is 17.8. The lowest BCUT2D eigenvalue weighted by atomic mass is 10.2. The van der Waals surface area contributed by atoms with Crippen molar-refractivity contribution in [2.75, 3.05) is 5.75 Å². The van der Waals surface area contributed by atoms with E-state index in [-0.39, 0.29) is 11.5 Å². The van der Waals surface area contributed by atoms with Crippen molar-refractivity contribution in [1.29, 1.82) is 0 Å². The van der Waals surface area contributed by atoms with Gasteiger partial charge in [-0.2, -0.15) is 0 Å². The fourth-order valence-electron chi connectivity index (χ4n) is 2.75. The molecule has 130 valence electrons. The molecule has 0 aliphatic carbocycles. The van der Waals surface area contributed by atoms with Gasteiger partial charge in [0, 0.05) is 34.1 Å². The summed E-state index contributed by atoms with van der Waals surface area (Å²) >= 11 is 7.12. The van der Waals surface area contributed by atoms with Crippen molar-refractivity contribution in [3.8, 4) is 11.5 Å². The Kier molecular flexibility index (Phi) is 5.30. The van der Waals surface area contributed by atoms with Gasteiger partial charge in [-0.1, -0.05) is 23.4 Å². The van der Waals surface area contributed by atoms with E-state index in [9.17, 15) is 4.79 Å². The standard InChI is InChI=1S/C18H18ClN3O2S/c1-4-22-11(2)9-15(12(22)3)16(23)10-25-18-21-20-17(24-18)13-5-7-14(19)8-6-13/h5-9H,4,10H2,1-3H3. The second kappa shape index (κ2) is 7.45. The molecule has 0 N–H and O–H groups in total. The van der Waals surface area contributed by atoms with E-state index in [0.717, 1.165) is 29.1 Å². The Morgan fingerprint density at radius 3 is 2.60 bits per heavy atom. The summed E-state index contributed by atoms with van der Waals surface area (Å²) in [6.45, 7) is 6.91. The SMILES string of the molecule is CCn1c(C)cc(C(=O)CSc2nnc(-c3ccc(Cl)cc3)o2)c1C. The first-order valence-electron chi connectivity index (χ1n) is 7.91. The van der Waals surface area contributed by atoms with E-state index in [1.54, 1.807) is 12.1 Å². The number of hydrogen-bond donors (Lipinski definition) is 0. The van der Waals surface area contributed by atoms with Crippen LogP contribution in [0, 0.1) is 13.8 Å². The maximum absolute atomic E-state index is 12.5. The highest BCUT2D eigenvalue weighted by atomic mass is 35.5. The van der Waals surface area contributed by atoms with Gasteiger partial charge in [0.25, 0.3) is 5.22 Å². The van der Waals surface area contributed by atoms with E-state index in [2.05, 4.69) is 21.7 Å². The smallest absolute Gasteiger partial charge is 0.277 e. The zero-order chi connectivity index (χ0) is 18.0. The second-order valence-corrected chi connectivity index (χ2v) is 6.98. The number of benzene rings is 1. The summed E-state index contributed by atoms with van der Waals surface area (Å²) in [6, 6.07) is 9.10. The molecular weight excluding hydrogens is 358 g/mol. The fourth-order valence-corrected chi connectivity index (χ4v) is 3.52. The van der Waals surface area contributed by atoms with E-state index < -0.39 is 0 Å². The number of carbonyl (C=O) groups excluding carboxylic acids is 1. The van der Waals surface area contributed by atoms with E-state index in [1.165, 1.54) is 11.8 Å². The molecule has 0 unspecified atom stereocenters. The molecule has 1 aromatic carbocycles. The number of rotatable bonds is 6. The molecule has 0 aliphatic heterocycles. The quantitative estimate of drug-likeness (QED) is 0.457. The average molecular weight is 376 g/mol. The number of aryl methyl sites for hydroxylation is 1. The minimum atomic E-state index is 0.0593. The van der Waals surface area contributed by atoms with Crippen LogP contribution in [-0.2, 0) is 6.54 Å². The summed E-state index contributed by atoms with van der Waals surface area (Å²) in [6.07, 6.45) is 0. The molecule has 25 heavy (non-hydrogen) atoms. The van der Waals surface area contributed by atoms with Gasteiger partial charge in [0.15, 0.2) is 5.78 Å². The van der Waals surface area contributed by atoms with Crippen molar-refractivity contribution >= 4 is 29.1 Å². The minimum absolute atomic E-state index is 0.0593. The van der Waals surface area contributed by atoms with Gasteiger partial charge in [-0.05, 0) is 51.1 Å². The minimum Gasteiger partial charge on any atom is -0.411 e. The molecule has 0 saturated heterocycles. The van der Waals surface area contributed by atoms with E-state index in [4.69, 9.17) is 16.0 Å². The third-order valence-corrected chi connectivity index (χ3v) is 5.09. The van der Waals surface area contributed by atoms with Gasteiger partial charge in [0.2, 0.25) is 5.89 Å². The van der Waals surface area contributed by atoms with Crippen LogP contribution in [0.15, 0.2) is 40.0 Å². The Labute approximate surface area is 155 Å². The van der Waals surface area contributed by atoms with Crippen molar-refractivity contribution in [3.05, 3.63) is 52.3 Å². The van der Waals surface area contributed by atoms with Gasteiger partial charge in [0.1, 0.15) is 0 Å². The molecule has 0 fully saturated rings. The van der Waals surface area contributed by atoms with Crippen molar-refractivity contribution in [3.63, 3.8) is 0 Å². The number of carbonyl (C=O) groups is 1. The second-order valence-electron chi connectivity index (χ2n) is 5.62. The lowest BCUT2D eigenvalue weighted by molar-refractivity contribution is 0.102. The average Bonchev–Trinajstić information content (AvgIpc) is 3.18. The van der Waals surface area contributed by atoms with Crippen molar-refractivity contribution in [2.24, 2.45) is 0 Å². The Bertz CT molecular complexity index is 900. The highest BCUT2D eigenvalue weighted by molar-refractivity contribution is 7.99. The number of thioether (sulfide) groups is 1. The molecule has 2 aromatic heterocycles. The molecule has 0 atom stereocenters. The van der Waals surface area contributed by atoms with Gasteiger partial charge in [-0.15, -0.1) is 10.2 Å². The lowest BCUT2D eigenvalue weighted by Crippen LogP contribution is -2.05. The van der Waals surface area contributed by atoms with Crippen molar-refractivity contribution in [1.82, 2.24) is 14.8 Å². The van der Waals surface area contributed by atoms with Gasteiger partial charge < -0.3 is 8.98 Å². The molecule has 0 aliphatic rings. The van der Waals surface area contributed by atoms with Crippen molar-refractivity contribution in [2.45, 2.75) is 32.5 Å². The summed E-state index contributed by atoms with van der Waals surface area (Å²) in [7, 11) is 0. The van der Waals surface area contributed by atoms with E-state index in [0.29, 0.717) is 16.1 Å². The molecule has 0 amide bonds. The summed E-state index contributed by atoms with van der Waals surface area (Å²) in [4.78, 5) is 12.5. The molecule has 0 radical (unpaired) electrons. The molecule has 0 bridgehead atoms. The number of aromatic nitrogens is 3. The predicted octanol–water partition coefficient (Wildman–Crippen LogP) is 4.80. The molecule has 7 heteroatoms. The van der Waals surface area contributed by atoms with E-state index >= 15 is 0 Å².